The van der Waals surface area contributed by atoms with Crippen LogP contribution in [0.1, 0.15) is 11.7 Å². The molecule has 0 amide bonds. The van der Waals surface area contributed by atoms with Gasteiger partial charge in [0.25, 0.3) is 12.2 Å². The van der Waals surface area contributed by atoms with E-state index < -0.39 is 11.0 Å². The second-order valence-electron chi connectivity index (χ2n) is 2.73. The molecule has 0 saturated carbocycles. The number of nitro groups is 1. The number of hydrogen-bond donors (Lipinski definition) is 0. The summed E-state index contributed by atoms with van der Waals surface area (Å²) in [5, 5.41) is 10.9. The number of nitrogens with zero attached hydrogens (tertiary/aromatic N) is 1. The highest BCUT2D eigenvalue weighted by Crippen LogP contribution is 2.22. The van der Waals surface area contributed by atoms with E-state index in [2.05, 4.69) is 15.9 Å². The Morgan fingerprint density at radius 1 is 1.60 bits per heavy atom. The molecule has 5 nitrogen and oxygen atoms in total. The van der Waals surface area contributed by atoms with Crippen LogP contribution >= 0.6 is 15.9 Å². The minimum Gasteiger partial charge on any atom is -0.459 e. The quantitative estimate of drug-likeness (QED) is 0.357. The summed E-state index contributed by atoms with van der Waals surface area (Å²) in [6, 6.07) is 5.99. The average molecular weight is 274 g/mol. The van der Waals surface area contributed by atoms with Gasteiger partial charge in [-0.1, -0.05) is 28.1 Å². The third kappa shape index (κ3) is 3.02. The summed E-state index contributed by atoms with van der Waals surface area (Å²) in [5.74, 6) is 0. The van der Waals surface area contributed by atoms with Gasteiger partial charge in [0, 0.05) is 23.0 Å². The van der Waals surface area contributed by atoms with Crippen molar-refractivity contribution < 1.29 is 14.5 Å². The molecule has 0 bridgehead atoms. The van der Waals surface area contributed by atoms with E-state index in [4.69, 9.17) is 4.74 Å². The molecule has 6 heteroatoms. The fraction of sp³-hybridized carbons (Fsp3) is 0.222. The molecule has 0 fully saturated rings. The van der Waals surface area contributed by atoms with Gasteiger partial charge in [-0.3, -0.25) is 14.9 Å². The van der Waals surface area contributed by atoms with E-state index in [0.29, 0.717) is 17.4 Å². The molecular weight excluding hydrogens is 266 g/mol. The molecule has 15 heavy (non-hydrogen) atoms. The number of nitro benzene ring substituents is 1. The molecule has 1 rings (SSSR count). The first-order valence-electron chi connectivity index (χ1n) is 4.08. The molecule has 1 atom stereocenters. The molecule has 0 aliphatic carbocycles. The zero-order valence-electron chi connectivity index (χ0n) is 7.63. The van der Waals surface area contributed by atoms with E-state index in [-0.39, 0.29) is 5.69 Å². The maximum Gasteiger partial charge on any atom is 0.293 e. The lowest BCUT2D eigenvalue weighted by Crippen LogP contribution is -2.04. The van der Waals surface area contributed by atoms with Gasteiger partial charge < -0.3 is 4.74 Å². The summed E-state index contributed by atoms with van der Waals surface area (Å²) >= 11 is 3.16. The molecular formula is C9H8BrNO4. The number of halogens is 1. The van der Waals surface area contributed by atoms with Gasteiger partial charge >= 0.3 is 0 Å². The maximum atomic E-state index is 10.5. The fourth-order valence-corrected chi connectivity index (χ4v) is 1.64. The van der Waals surface area contributed by atoms with E-state index in [1.807, 2.05) is 0 Å². The molecule has 0 heterocycles. The van der Waals surface area contributed by atoms with Gasteiger partial charge in [-0.25, -0.2) is 0 Å². The van der Waals surface area contributed by atoms with Gasteiger partial charge in [0.15, 0.2) is 0 Å². The van der Waals surface area contributed by atoms with Crippen molar-refractivity contribution >= 4 is 28.1 Å². The lowest BCUT2D eigenvalue weighted by molar-refractivity contribution is -0.385. The normalized spacial score (nSPS) is 11.8. The van der Waals surface area contributed by atoms with E-state index in [1.54, 1.807) is 12.1 Å². The number of carbonyl (C=O) groups excluding carboxylic acids is 1. The lowest BCUT2D eigenvalue weighted by Gasteiger charge is -2.11. The van der Waals surface area contributed by atoms with E-state index in [0.717, 1.165) is 0 Å². The third-order valence-electron chi connectivity index (χ3n) is 1.81. The first-order chi connectivity index (χ1) is 7.19. The molecule has 0 N–H and O–H groups in total. The van der Waals surface area contributed by atoms with Crippen LogP contribution < -0.4 is 0 Å². The van der Waals surface area contributed by atoms with Gasteiger partial charge in [0.1, 0.15) is 6.10 Å². The van der Waals surface area contributed by atoms with Crippen LogP contribution in [-0.4, -0.2) is 16.7 Å². The predicted molar refractivity (Wildman–Crippen MR) is 56.8 cm³/mol. The van der Waals surface area contributed by atoms with Crippen molar-refractivity contribution in [3.05, 3.63) is 39.9 Å². The molecule has 0 saturated heterocycles. The third-order valence-corrected chi connectivity index (χ3v) is 2.40. The Hall–Kier alpha value is -1.43. The molecule has 1 unspecified atom stereocenters. The molecule has 0 radical (unpaired) electrons. The summed E-state index contributed by atoms with van der Waals surface area (Å²) in [6.45, 7) is 0.324. The second kappa shape index (κ2) is 5.45. The van der Waals surface area contributed by atoms with Crippen molar-refractivity contribution in [2.75, 3.05) is 5.33 Å². The number of rotatable bonds is 5. The maximum absolute atomic E-state index is 10.5. The summed E-state index contributed by atoms with van der Waals surface area (Å²) in [6.07, 6.45) is -0.498. The van der Waals surface area contributed by atoms with E-state index in [9.17, 15) is 14.9 Å². The Kier molecular flexibility index (Phi) is 4.23. The zero-order chi connectivity index (χ0) is 11.3. The summed E-state index contributed by atoms with van der Waals surface area (Å²) in [5.41, 5.74) is 0.570. The fourth-order valence-electron chi connectivity index (χ4n) is 1.11. The van der Waals surface area contributed by atoms with Crippen LogP contribution in [0, 0.1) is 10.1 Å². The number of carbonyl (C=O) groups is 1. The molecule has 1 aromatic carbocycles. The number of non-ortho nitro benzene ring substituents is 1. The minimum absolute atomic E-state index is 0.0204. The topological polar surface area (TPSA) is 69.4 Å². The summed E-state index contributed by atoms with van der Waals surface area (Å²) < 4.78 is 4.76. The molecule has 0 aliphatic rings. The van der Waals surface area contributed by atoms with Crippen LogP contribution in [0.4, 0.5) is 5.69 Å². The Balaban J connectivity index is 2.97. The average Bonchev–Trinajstić information content (AvgIpc) is 2.26. The largest absolute Gasteiger partial charge is 0.459 e. The van der Waals surface area contributed by atoms with Crippen molar-refractivity contribution in [1.82, 2.24) is 0 Å². The Bertz CT molecular complexity index is 369. The minimum atomic E-state index is -0.498. The number of ether oxygens (including phenoxy) is 1. The number of benzene rings is 1. The zero-order valence-corrected chi connectivity index (χ0v) is 9.22. The Morgan fingerprint density at radius 2 is 2.33 bits per heavy atom. The van der Waals surface area contributed by atoms with Crippen molar-refractivity contribution in [2.24, 2.45) is 0 Å². The lowest BCUT2D eigenvalue weighted by atomic mass is 10.1. The van der Waals surface area contributed by atoms with Crippen LogP contribution in [-0.2, 0) is 9.53 Å². The van der Waals surface area contributed by atoms with Crippen molar-refractivity contribution in [1.29, 1.82) is 0 Å². The van der Waals surface area contributed by atoms with Gasteiger partial charge in [-0.15, -0.1) is 0 Å². The van der Waals surface area contributed by atoms with Gasteiger partial charge in [0.05, 0.1) is 4.92 Å². The first-order valence-corrected chi connectivity index (χ1v) is 5.20. The van der Waals surface area contributed by atoms with Crippen LogP contribution in [0.2, 0.25) is 0 Å². The number of hydrogen-bond acceptors (Lipinski definition) is 4. The summed E-state index contributed by atoms with van der Waals surface area (Å²) in [7, 11) is 0. The van der Waals surface area contributed by atoms with Crippen LogP contribution in [0.25, 0.3) is 0 Å². The molecule has 0 aromatic heterocycles. The van der Waals surface area contributed by atoms with Crippen LogP contribution in [0.15, 0.2) is 24.3 Å². The highest BCUT2D eigenvalue weighted by molar-refractivity contribution is 9.09. The van der Waals surface area contributed by atoms with Crippen molar-refractivity contribution in [2.45, 2.75) is 6.10 Å². The first kappa shape index (κ1) is 11.6. The number of alkyl halides is 1. The van der Waals surface area contributed by atoms with E-state index >= 15 is 0 Å². The molecule has 1 aromatic rings. The highest BCUT2D eigenvalue weighted by Gasteiger charge is 2.14. The van der Waals surface area contributed by atoms with Gasteiger partial charge in [-0.05, 0) is 0 Å². The summed E-state index contributed by atoms with van der Waals surface area (Å²) in [4.78, 5) is 20.2. The molecule has 0 spiro atoms. The smallest absolute Gasteiger partial charge is 0.293 e. The molecule has 80 valence electrons. The SMILES string of the molecule is O=COC(CBr)c1cccc([N+](=O)[O-])c1. The van der Waals surface area contributed by atoms with Gasteiger partial charge in [-0.2, -0.15) is 0 Å². The van der Waals surface area contributed by atoms with Crippen LogP contribution in [0.3, 0.4) is 0 Å². The van der Waals surface area contributed by atoms with E-state index in [1.165, 1.54) is 12.1 Å². The van der Waals surface area contributed by atoms with Gasteiger partial charge in [0.2, 0.25) is 0 Å². The highest BCUT2D eigenvalue weighted by atomic mass is 79.9. The predicted octanol–water partition coefficient (Wildman–Crippen LogP) is 2.20. The molecule has 0 aliphatic heterocycles. The standard InChI is InChI=1S/C9H8BrNO4/c10-5-9(15-6-12)7-2-1-3-8(4-7)11(13)14/h1-4,6,9H,5H2. The van der Waals surface area contributed by atoms with Crippen molar-refractivity contribution in [3.63, 3.8) is 0 Å². The monoisotopic (exact) mass is 273 g/mol. The van der Waals surface area contributed by atoms with Crippen molar-refractivity contribution in [3.8, 4) is 0 Å². The van der Waals surface area contributed by atoms with Crippen LogP contribution in [0.5, 0.6) is 0 Å². The Labute approximate surface area is 94.3 Å². The Morgan fingerprint density at radius 3 is 2.87 bits per heavy atom. The second-order valence-corrected chi connectivity index (χ2v) is 3.37.